The van der Waals surface area contributed by atoms with E-state index in [1.807, 2.05) is 39.8 Å². The van der Waals surface area contributed by atoms with Gasteiger partial charge in [-0.15, -0.1) is 0 Å². The summed E-state index contributed by atoms with van der Waals surface area (Å²) in [6.45, 7) is 11.1. The van der Waals surface area contributed by atoms with Gasteiger partial charge in [-0.1, -0.05) is 45.4 Å². The molecule has 15 unspecified atom stereocenters. The molecule has 1 amide bonds. The van der Waals surface area contributed by atoms with Crippen molar-refractivity contribution in [3.63, 3.8) is 0 Å². The van der Waals surface area contributed by atoms with Crippen LogP contribution in [0.5, 0.6) is 5.75 Å². The first-order chi connectivity index (χ1) is 32.3. The van der Waals surface area contributed by atoms with Crippen molar-refractivity contribution in [1.29, 1.82) is 0 Å². The largest absolute Gasteiger partial charge is 0.497 e. The van der Waals surface area contributed by atoms with Crippen LogP contribution in [0, 0.1) is 35.4 Å². The third kappa shape index (κ3) is 13.4. The number of methoxy groups -OCH3 is 4. The topological polar surface area (TPSA) is 197 Å². The fraction of sp³-hybridized carbons (Fsp3) is 0.731. The number of rotatable bonds is 11. The molecule has 15 nitrogen and oxygen atoms in total. The lowest BCUT2D eigenvalue weighted by Crippen LogP contribution is -2.64. The molecule has 4 aliphatic rings. The van der Waals surface area contributed by atoms with Crippen molar-refractivity contribution >= 4 is 23.4 Å². The van der Waals surface area contributed by atoms with Crippen LogP contribution in [0.3, 0.4) is 0 Å². The molecular weight excluding hydrogens is 882 g/mol. The number of cyclic esters (lactones) is 1. The molecule has 3 heterocycles. The number of ether oxygens (including phenoxy) is 7. The van der Waals surface area contributed by atoms with Crippen LogP contribution in [0.1, 0.15) is 124 Å². The highest BCUT2D eigenvalue weighted by molar-refractivity contribution is 6.39. The Labute approximate surface area is 402 Å². The second-order valence-electron chi connectivity index (χ2n) is 19.9. The zero-order chi connectivity index (χ0) is 50.0. The summed E-state index contributed by atoms with van der Waals surface area (Å²) < 4.78 is 55.8. The van der Waals surface area contributed by atoms with E-state index in [1.165, 1.54) is 38.4 Å². The van der Waals surface area contributed by atoms with Gasteiger partial charge >= 0.3 is 5.97 Å². The molecule has 0 spiro atoms. The standard InChI is InChI=1S/C52H78FNO14/c1-11-35-19-29(2)18-30(3)20-45(64-9)48-46(65-10)22-32(5)52(61,68-48)49(58)50(59)54-17-13-12-14-39(54)51(60)67-47(33(6)40(55)27-41(35)56)31(4)21-34-15-16-43(44(23-34)63-8)66-28-42(57)36-24-37(53)26-38(25-36)62-7/h19,21,24-26,30,32-35,39-40,42-48,55,57,61H,11-18,20,22-23,27-28H2,1-10H3. The molecule has 2 saturated heterocycles. The Kier molecular flexibility index (Phi) is 20.3. The Balaban J connectivity index is 1.44. The van der Waals surface area contributed by atoms with Crippen LogP contribution in [-0.4, -0.2) is 140 Å². The van der Waals surface area contributed by atoms with Crippen molar-refractivity contribution in [3.05, 3.63) is 52.9 Å². The maximum absolute atomic E-state index is 14.5. The summed E-state index contributed by atoms with van der Waals surface area (Å²) in [4.78, 5) is 58.4. The summed E-state index contributed by atoms with van der Waals surface area (Å²) in [5, 5.41) is 34.8. The number of aliphatic hydroxyl groups excluding tert-OH is 2. The molecule has 5 rings (SSSR count). The number of esters is 1. The zero-order valence-electron chi connectivity index (χ0n) is 41.8. The summed E-state index contributed by atoms with van der Waals surface area (Å²) >= 11 is 0. The van der Waals surface area contributed by atoms with Gasteiger partial charge in [0.1, 0.15) is 41.7 Å². The molecule has 0 aromatic heterocycles. The van der Waals surface area contributed by atoms with Gasteiger partial charge < -0.3 is 53.4 Å². The molecule has 382 valence electrons. The number of carbonyl (C=O) groups excluding carboxylic acids is 4. The molecule has 15 atom stereocenters. The van der Waals surface area contributed by atoms with Gasteiger partial charge in [0, 0.05) is 58.1 Å². The highest BCUT2D eigenvalue weighted by Gasteiger charge is 2.56. The summed E-state index contributed by atoms with van der Waals surface area (Å²) in [7, 11) is 6.04. The van der Waals surface area contributed by atoms with E-state index in [0.717, 1.165) is 5.57 Å². The molecule has 1 aromatic rings. The number of amides is 1. The van der Waals surface area contributed by atoms with Gasteiger partial charge in [-0.05, 0) is 113 Å². The Bertz CT molecular complexity index is 1940. The van der Waals surface area contributed by atoms with Crippen LogP contribution in [0.4, 0.5) is 4.39 Å². The lowest BCUT2D eigenvalue weighted by molar-refractivity contribution is -0.302. The van der Waals surface area contributed by atoms with Gasteiger partial charge in [-0.2, -0.15) is 0 Å². The predicted molar refractivity (Wildman–Crippen MR) is 250 cm³/mol. The van der Waals surface area contributed by atoms with E-state index < -0.39 is 89.7 Å². The number of Topliss-reactive ketones (excluding diaryl/α,β-unsaturated/α-hetero) is 2. The maximum atomic E-state index is 14.5. The first kappa shape index (κ1) is 55.3. The molecule has 0 radical (unpaired) electrons. The Hall–Kier alpha value is -3.61. The quantitative estimate of drug-likeness (QED) is 0.126. The molecule has 1 aliphatic carbocycles. The van der Waals surface area contributed by atoms with Gasteiger partial charge in [0.2, 0.25) is 5.79 Å². The van der Waals surface area contributed by atoms with Crippen LogP contribution in [0.15, 0.2) is 41.5 Å². The van der Waals surface area contributed by atoms with E-state index in [0.29, 0.717) is 62.5 Å². The number of aliphatic hydroxyl groups is 3. The molecule has 3 N–H and O–H groups in total. The Morgan fingerprint density at radius 2 is 1.62 bits per heavy atom. The average molecular weight is 960 g/mol. The van der Waals surface area contributed by atoms with Gasteiger partial charge in [-0.3, -0.25) is 14.4 Å². The van der Waals surface area contributed by atoms with Gasteiger partial charge in [0.25, 0.3) is 11.7 Å². The van der Waals surface area contributed by atoms with Crippen molar-refractivity contribution in [2.45, 2.75) is 173 Å². The molecule has 16 heteroatoms. The highest BCUT2D eigenvalue weighted by Crippen LogP contribution is 2.40. The Morgan fingerprint density at radius 3 is 2.28 bits per heavy atom. The maximum Gasteiger partial charge on any atom is 0.329 e. The van der Waals surface area contributed by atoms with Crippen molar-refractivity contribution in [1.82, 2.24) is 4.90 Å². The summed E-state index contributed by atoms with van der Waals surface area (Å²) in [6.07, 6.45) is 2.23. The Morgan fingerprint density at radius 1 is 0.926 bits per heavy atom. The van der Waals surface area contributed by atoms with Gasteiger partial charge in [-0.25, -0.2) is 9.18 Å². The number of hydrogen-bond donors (Lipinski definition) is 3. The van der Waals surface area contributed by atoms with E-state index >= 15 is 0 Å². The minimum atomic E-state index is -2.54. The van der Waals surface area contributed by atoms with E-state index in [4.69, 9.17) is 33.2 Å². The lowest BCUT2D eigenvalue weighted by Gasteiger charge is -2.47. The summed E-state index contributed by atoms with van der Waals surface area (Å²) in [6, 6.07) is 2.83. The molecule has 68 heavy (non-hydrogen) atoms. The van der Waals surface area contributed by atoms with Crippen molar-refractivity contribution < 1.29 is 72.0 Å². The summed E-state index contributed by atoms with van der Waals surface area (Å²) in [5.41, 5.74) is 1.91. The summed E-state index contributed by atoms with van der Waals surface area (Å²) in [5.74, 6) is -8.16. The number of halogens is 1. The third-order valence-electron chi connectivity index (χ3n) is 14.8. The zero-order valence-corrected chi connectivity index (χ0v) is 41.8. The molecule has 1 saturated carbocycles. The first-order valence-corrected chi connectivity index (χ1v) is 24.5. The van der Waals surface area contributed by atoms with E-state index in [-0.39, 0.29) is 68.0 Å². The van der Waals surface area contributed by atoms with Gasteiger partial charge in [0.05, 0.1) is 44.2 Å². The number of allylic oxidation sites excluding steroid dienone is 3. The second-order valence-corrected chi connectivity index (χ2v) is 19.9. The smallest absolute Gasteiger partial charge is 0.329 e. The van der Waals surface area contributed by atoms with E-state index in [9.17, 15) is 38.9 Å². The predicted octanol–water partition coefficient (Wildman–Crippen LogP) is 6.38. The number of fused-ring (bicyclic) bond motifs is 3. The highest BCUT2D eigenvalue weighted by atomic mass is 19.1. The number of benzene rings is 1. The fourth-order valence-electron chi connectivity index (χ4n) is 10.8. The van der Waals surface area contributed by atoms with Gasteiger partial charge in [0.15, 0.2) is 0 Å². The first-order valence-electron chi connectivity index (χ1n) is 24.5. The van der Waals surface area contributed by atoms with Crippen LogP contribution in [0.2, 0.25) is 0 Å². The number of piperidine rings is 1. The minimum Gasteiger partial charge on any atom is -0.497 e. The second kappa shape index (κ2) is 25.0. The van der Waals surface area contributed by atoms with Crippen molar-refractivity contribution in [2.24, 2.45) is 29.6 Å². The van der Waals surface area contributed by atoms with Crippen molar-refractivity contribution in [2.75, 3.05) is 41.6 Å². The van der Waals surface area contributed by atoms with Crippen LogP contribution >= 0.6 is 0 Å². The third-order valence-corrected chi connectivity index (χ3v) is 14.8. The van der Waals surface area contributed by atoms with Crippen LogP contribution < -0.4 is 4.74 Å². The number of hydrogen-bond acceptors (Lipinski definition) is 14. The molecular formula is C52H78FNO14. The molecule has 3 aliphatic heterocycles. The average Bonchev–Trinajstić information content (AvgIpc) is 3.32. The number of ketones is 2. The van der Waals surface area contributed by atoms with E-state index in [1.54, 1.807) is 27.0 Å². The van der Waals surface area contributed by atoms with E-state index in [2.05, 4.69) is 0 Å². The fourth-order valence-corrected chi connectivity index (χ4v) is 10.8. The molecule has 2 bridgehead atoms. The normalized spacial score (nSPS) is 36.0. The van der Waals surface area contributed by atoms with Crippen LogP contribution in [-0.2, 0) is 47.6 Å². The van der Waals surface area contributed by atoms with Crippen molar-refractivity contribution in [3.8, 4) is 5.75 Å². The molecule has 3 fully saturated rings. The number of nitrogens with zero attached hydrogens (tertiary/aromatic N) is 1. The monoisotopic (exact) mass is 960 g/mol. The minimum absolute atomic E-state index is 0.00804. The molecule has 1 aromatic carbocycles. The number of carbonyl (C=O) groups is 4. The SMILES string of the molecule is CCC1C=C(C)CC(C)CC(OC)C2OC(O)(C(=O)C(=O)N3CCCCC3C(=O)OC(C(C)=CC3CCC(OCC(O)c4cc(F)cc(OC)c4)C(OC)C3)C(C)C(O)CC1=O)C(C)CC2OC. The van der Waals surface area contributed by atoms with Crippen LogP contribution in [0.25, 0.3) is 0 Å². The lowest BCUT2D eigenvalue weighted by atomic mass is 9.81.